The van der Waals surface area contributed by atoms with Crippen LogP contribution >= 0.6 is 0 Å². The lowest BCUT2D eigenvalue weighted by Crippen LogP contribution is -2.37. The number of aliphatic hydroxyl groups excluding tert-OH is 1. The van der Waals surface area contributed by atoms with Crippen LogP contribution < -0.4 is 15.2 Å². The highest BCUT2D eigenvalue weighted by Crippen LogP contribution is 2.14. The molecule has 102 valence electrons. The van der Waals surface area contributed by atoms with Crippen LogP contribution in [0.3, 0.4) is 0 Å². The minimum Gasteiger partial charge on any atom is -0.492 e. The van der Waals surface area contributed by atoms with Gasteiger partial charge in [0, 0.05) is 17.8 Å². The molecule has 0 radical (unpaired) electrons. The van der Waals surface area contributed by atoms with E-state index in [1.54, 1.807) is 31.2 Å². The molecule has 1 rings (SSSR count). The summed E-state index contributed by atoms with van der Waals surface area (Å²) in [5, 5.41) is 8.76. The van der Waals surface area contributed by atoms with E-state index >= 15 is 0 Å². The number of nitrogens with two attached hydrogens (primary N) is 1. The van der Waals surface area contributed by atoms with Gasteiger partial charge in [-0.2, -0.15) is 0 Å². The first kappa shape index (κ1) is 14.7. The highest BCUT2D eigenvalue weighted by Gasteiger charge is 2.13. The molecule has 0 aliphatic heterocycles. The van der Waals surface area contributed by atoms with Crippen LogP contribution in [-0.4, -0.2) is 38.5 Å². The van der Waals surface area contributed by atoms with E-state index in [2.05, 4.69) is 4.72 Å². The molecule has 4 N–H and O–H groups in total. The largest absolute Gasteiger partial charge is 0.492 e. The third-order valence-corrected chi connectivity index (χ3v) is 3.60. The number of benzene rings is 1. The van der Waals surface area contributed by atoms with Gasteiger partial charge >= 0.3 is 0 Å². The molecular weight excluding hydrogens is 256 g/mol. The zero-order valence-corrected chi connectivity index (χ0v) is 11.0. The Morgan fingerprint density at radius 3 is 2.83 bits per heavy atom. The van der Waals surface area contributed by atoms with Crippen molar-refractivity contribution in [3.05, 3.63) is 24.3 Å². The molecule has 1 unspecified atom stereocenters. The number of anilines is 1. The second-order valence-electron chi connectivity index (χ2n) is 3.94. The molecule has 0 aromatic heterocycles. The van der Waals surface area contributed by atoms with Crippen molar-refractivity contribution in [1.29, 1.82) is 0 Å². The summed E-state index contributed by atoms with van der Waals surface area (Å²) in [6.07, 6.45) is 0. The van der Waals surface area contributed by atoms with Crippen LogP contribution in [0.1, 0.15) is 6.92 Å². The fraction of sp³-hybridized carbons (Fsp3) is 0.455. The molecule has 7 heteroatoms. The van der Waals surface area contributed by atoms with Crippen LogP contribution in [0.5, 0.6) is 5.75 Å². The van der Waals surface area contributed by atoms with E-state index in [1.165, 1.54) is 0 Å². The third-order valence-electron chi connectivity index (χ3n) is 2.13. The summed E-state index contributed by atoms with van der Waals surface area (Å²) in [7, 11) is -3.44. The molecule has 0 amide bonds. The molecule has 0 heterocycles. The average molecular weight is 274 g/mol. The number of sulfonamides is 1. The number of nitrogen functional groups attached to an aromatic ring is 1. The van der Waals surface area contributed by atoms with Gasteiger partial charge in [-0.1, -0.05) is 6.07 Å². The second-order valence-corrected chi connectivity index (χ2v) is 5.81. The van der Waals surface area contributed by atoms with Crippen LogP contribution in [0.25, 0.3) is 0 Å². The van der Waals surface area contributed by atoms with E-state index < -0.39 is 16.1 Å². The lowest BCUT2D eigenvalue weighted by atomic mass is 10.3. The van der Waals surface area contributed by atoms with Crippen molar-refractivity contribution in [2.45, 2.75) is 13.0 Å². The van der Waals surface area contributed by atoms with Gasteiger partial charge in [-0.3, -0.25) is 0 Å². The van der Waals surface area contributed by atoms with E-state index in [4.69, 9.17) is 15.6 Å². The molecule has 1 aromatic rings. The maximum atomic E-state index is 11.5. The highest BCUT2D eigenvalue weighted by molar-refractivity contribution is 7.89. The van der Waals surface area contributed by atoms with E-state index in [9.17, 15) is 8.42 Å². The van der Waals surface area contributed by atoms with E-state index in [1.807, 2.05) is 0 Å². The lowest BCUT2D eigenvalue weighted by Gasteiger charge is -2.12. The van der Waals surface area contributed by atoms with Gasteiger partial charge in [-0.15, -0.1) is 0 Å². The molecule has 0 aliphatic carbocycles. The second kappa shape index (κ2) is 6.58. The van der Waals surface area contributed by atoms with Gasteiger partial charge in [0.15, 0.2) is 0 Å². The minimum atomic E-state index is -3.44. The van der Waals surface area contributed by atoms with Gasteiger partial charge in [0.25, 0.3) is 0 Å². The Hall–Kier alpha value is -1.31. The predicted octanol–water partition coefficient (Wildman–Crippen LogP) is -0.0522. The first-order valence-corrected chi connectivity index (χ1v) is 7.17. The van der Waals surface area contributed by atoms with Crippen LogP contribution in [0.4, 0.5) is 5.69 Å². The Bertz CT molecular complexity index is 476. The van der Waals surface area contributed by atoms with Crippen LogP contribution in [0.15, 0.2) is 24.3 Å². The molecule has 0 saturated carbocycles. The quantitative estimate of drug-likeness (QED) is 0.605. The van der Waals surface area contributed by atoms with Crippen molar-refractivity contribution in [3.63, 3.8) is 0 Å². The number of ether oxygens (including phenoxy) is 1. The van der Waals surface area contributed by atoms with Gasteiger partial charge in [-0.25, -0.2) is 13.1 Å². The Labute approximate surface area is 107 Å². The van der Waals surface area contributed by atoms with Crippen molar-refractivity contribution in [3.8, 4) is 5.75 Å². The molecule has 0 aliphatic rings. The minimum absolute atomic E-state index is 0.0247. The standard InChI is InChI=1S/C11H18N2O4S/c1-9(8-14)13-18(15,16)6-5-17-11-4-2-3-10(12)7-11/h2-4,7,9,13-14H,5-6,8,12H2,1H3. The van der Waals surface area contributed by atoms with Crippen LogP contribution in [0, 0.1) is 0 Å². The average Bonchev–Trinajstić information content (AvgIpc) is 2.28. The summed E-state index contributed by atoms with van der Waals surface area (Å²) in [5.74, 6) is 0.354. The number of hydrogen-bond acceptors (Lipinski definition) is 5. The molecule has 0 saturated heterocycles. The van der Waals surface area contributed by atoms with E-state index in [0.29, 0.717) is 11.4 Å². The Balaban J connectivity index is 2.42. The molecule has 18 heavy (non-hydrogen) atoms. The molecule has 0 spiro atoms. The monoisotopic (exact) mass is 274 g/mol. The summed E-state index contributed by atoms with van der Waals surface area (Å²) in [5.41, 5.74) is 6.12. The number of hydrogen-bond donors (Lipinski definition) is 3. The number of rotatable bonds is 7. The number of aliphatic hydroxyl groups is 1. The van der Waals surface area contributed by atoms with Crippen molar-refractivity contribution in [2.75, 3.05) is 24.7 Å². The van der Waals surface area contributed by atoms with Crippen molar-refractivity contribution in [2.24, 2.45) is 0 Å². The summed E-state index contributed by atoms with van der Waals surface area (Å²) in [6.45, 7) is 1.36. The SMILES string of the molecule is CC(CO)NS(=O)(=O)CCOc1cccc(N)c1. The predicted molar refractivity (Wildman–Crippen MR) is 69.8 cm³/mol. The van der Waals surface area contributed by atoms with Gasteiger partial charge in [0.2, 0.25) is 10.0 Å². The van der Waals surface area contributed by atoms with Gasteiger partial charge in [-0.05, 0) is 19.1 Å². The highest BCUT2D eigenvalue weighted by atomic mass is 32.2. The van der Waals surface area contributed by atoms with Crippen LogP contribution in [0.2, 0.25) is 0 Å². The van der Waals surface area contributed by atoms with Gasteiger partial charge < -0.3 is 15.6 Å². The van der Waals surface area contributed by atoms with Gasteiger partial charge in [0.1, 0.15) is 12.4 Å². The Morgan fingerprint density at radius 1 is 1.50 bits per heavy atom. The molecule has 6 nitrogen and oxygen atoms in total. The molecule has 0 fully saturated rings. The summed E-state index contributed by atoms with van der Waals surface area (Å²) < 4.78 is 30.7. The molecule has 0 bridgehead atoms. The first-order valence-electron chi connectivity index (χ1n) is 5.52. The van der Waals surface area contributed by atoms with E-state index in [-0.39, 0.29) is 19.0 Å². The van der Waals surface area contributed by atoms with Crippen molar-refractivity contribution < 1.29 is 18.3 Å². The normalized spacial score (nSPS) is 13.2. The topological polar surface area (TPSA) is 102 Å². The molecule has 1 aromatic carbocycles. The Kier molecular flexibility index (Phi) is 5.39. The lowest BCUT2D eigenvalue weighted by molar-refractivity contribution is 0.264. The van der Waals surface area contributed by atoms with Crippen molar-refractivity contribution in [1.82, 2.24) is 4.72 Å². The fourth-order valence-corrected chi connectivity index (χ4v) is 2.38. The third kappa shape index (κ3) is 5.35. The molecular formula is C11H18N2O4S. The summed E-state index contributed by atoms with van der Waals surface area (Å²) >= 11 is 0. The maximum absolute atomic E-state index is 11.5. The summed E-state index contributed by atoms with van der Waals surface area (Å²) in [6, 6.07) is 6.27. The summed E-state index contributed by atoms with van der Waals surface area (Å²) in [4.78, 5) is 0. The fourth-order valence-electron chi connectivity index (χ4n) is 1.28. The first-order chi connectivity index (χ1) is 8.43. The maximum Gasteiger partial charge on any atom is 0.215 e. The smallest absolute Gasteiger partial charge is 0.215 e. The van der Waals surface area contributed by atoms with E-state index in [0.717, 1.165) is 0 Å². The van der Waals surface area contributed by atoms with Crippen molar-refractivity contribution >= 4 is 15.7 Å². The zero-order chi connectivity index (χ0) is 13.6. The Morgan fingerprint density at radius 2 is 2.22 bits per heavy atom. The molecule has 1 atom stereocenters. The van der Waals surface area contributed by atoms with Gasteiger partial charge in [0.05, 0.1) is 12.4 Å². The number of nitrogens with one attached hydrogen (secondary N) is 1. The zero-order valence-electron chi connectivity index (χ0n) is 10.2. The van der Waals surface area contributed by atoms with Crippen LogP contribution in [-0.2, 0) is 10.0 Å².